The molecule has 0 amide bonds. The van der Waals surface area contributed by atoms with Crippen LogP contribution in [0, 0.1) is 0 Å². The maximum absolute atomic E-state index is 6.37. The highest BCUT2D eigenvalue weighted by atomic mass is 35.5. The fourth-order valence-electron chi connectivity index (χ4n) is 2.24. The van der Waals surface area contributed by atoms with Gasteiger partial charge in [0.2, 0.25) is 0 Å². The summed E-state index contributed by atoms with van der Waals surface area (Å²) in [5.74, 6) is 0. The molecule has 20 heavy (non-hydrogen) atoms. The number of anilines is 1. The highest BCUT2D eigenvalue weighted by molar-refractivity contribution is 6.31. The number of benzene rings is 1. The van der Waals surface area contributed by atoms with Crippen LogP contribution in [-0.2, 0) is 26.6 Å². The molecular weight excluding hydrogens is 272 g/mol. The molecule has 0 bridgehead atoms. The average molecular weight is 293 g/mol. The van der Waals surface area contributed by atoms with Crippen molar-refractivity contribution < 1.29 is 0 Å². The van der Waals surface area contributed by atoms with Gasteiger partial charge in [0.1, 0.15) is 0 Å². The van der Waals surface area contributed by atoms with E-state index in [9.17, 15) is 0 Å². The summed E-state index contributed by atoms with van der Waals surface area (Å²) in [5.41, 5.74) is 9.74. The van der Waals surface area contributed by atoms with E-state index in [0.29, 0.717) is 0 Å². The van der Waals surface area contributed by atoms with Gasteiger partial charge in [0.05, 0.1) is 16.4 Å². The topological polar surface area (TPSA) is 47.1 Å². The first-order chi connectivity index (χ1) is 9.51. The van der Waals surface area contributed by atoms with Crippen molar-refractivity contribution in [3.63, 3.8) is 0 Å². The third-order valence-electron chi connectivity index (χ3n) is 3.35. The largest absolute Gasteiger partial charge is 0.399 e. The lowest BCUT2D eigenvalue weighted by atomic mass is 10.2. The predicted octanol–water partition coefficient (Wildman–Crippen LogP) is 2.85. The number of nitrogens with zero attached hydrogens (tertiary/aromatic N) is 3. The second kappa shape index (κ2) is 6.29. The Kier molecular flexibility index (Phi) is 4.68. The maximum Gasteiger partial charge on any atom is 0.0863 e. The highest BCUT2D eigenvalue weighted by Gasteiger charge is 2.14. The molecule has 1 heterocycles. The molecule has 0 spiro atoms. The third-order valence-corrected chi connectivity index (χ3v) is 3.79. The molecule has 0 unspecified atom stereocenters. The van der Waals surface area contributed by atoms with Crippen molar-refractivity contribution >= 4 is 17.3 Å². The Bertz CT molecular complexity index is 574. The molecule has 0 fully saturated rings. The van der Waals surface area contributed by atoms with Crippen LogP contribution in [-0.4, -0.2) is 21.7 Å². The van der Waals surface area contributed by atoms with E-state index in [4.69, 9.17) is 17.3 Å². The van der Waals surface area contributed by atoms with Gasteiger partial charge in [-0.25, -0.2) is 0 Å². The SMILES string of the molecule is CCc1nn(C)c(CN(C)Cc2ccc(N)cc2)c1Cl. The number of rotatable bonds is 5. The first kappa shape index (κ1) is 14.9. The normalized spacial score (nSPS) is 11.2. The van der Waals surface area contributed by atoms with Crippen LogP contribution in [0.4, 0.5) is 5.69 Å². The third kappa shape index (κ3) is 3.32. The number of hydrogen-bond donors (Lipinski definition) is 1. The Morgan fingerprint density at radius 1 is 1.25 bits per heavy atom. The molecule has 0 atom stereocenters. The number of nitrogen functional groups attached to an aromatic ring is 1. The fourth-order valence-corrected chi connectivity index (χ4v) is 2.59. The Balaban J connectivity index is 2.06. The molecule has 5 heteroatoms. The molecule has 2 rings (SSSR count). The first-order valence-corrected chi connectivity index (χ1v) is 7.12. The summed E-state index contributed by atoms with van der Waals surface area (Å²) < 4.78 is 1.88. The Morgan fingerprint density at radius 3 is 2.45 bits per heavy atom. The molecular formula is C15H21ClN4. The molecule has 2 aromatic rings. The van der Waals surface area contributed by atoms with Crippen LogP contribution in [0.2, 0.25) is 5.02 Å². The van der Waals surface area contributed by atoms with Crippen molar-refractivity contribution in [2.24, 2.45) is 7.05 Å². The summed E-state index contributed by atoms with van der Waals surface area (Å²) in [6.07, 6.45) is 0.856. The number of hydrogen-bond acceptors (Lipinski definition) is 3. The lowest BCUT2D eigenvalue weighted by molar-refractivity contribution is 0.309. The van der Waals surface area contributed by atoms with Gasteiger partial charge in [-0.15, -0.1) is 0 Å². The minimum absolute atomic E-state index is 0.771. The molecule has 0 saturated carbocycles. The second-order valence-electron chi connectivity index (χ2n) is 5.10. The van der Waals surface area contributed by atoms with Gasteiger partial charge in [-0.05, 0) is 31.2 Å². The van der Waals surface area contributed by atoms with E-state index in [1.807, 2.05) is 36.0 Å². The molecule has 0 aliphatic rings. The van der Waals surface area contributed by atoms with E-state index in [0.717, 1.165) is 41.6 Å². The summed E-state index contributed by atoms with van der Waals surface area (Å²) in [5, 5.41) is 5.23. The molecule has 2 N–H and O–H groups in total. The molecule has 4 nitrogen and oxygen atoms in total. The quantitative estimate of drug-likeness (QED) is 0.862. The van der Waals surface area contributed by atoms with E-state index < -0.39 is 0 Å². The summed E-state index contributed by atoms with van der Waals surface area (Å²) >= 11 is 6.37. The Morgan fingerprint density at radius 2 is 1.90 bits per heavy atom. The first-order valence-electron chi connectivity index (χ1n) is 6.74. The zero-order valence-corrected chi connectivity index (χ0v) is 13.0. The smallest absolute Gasteiger partial charge is 0.0863 e. The molecule has 0 aliphatic heterocycles. The van der Waals surface area contributed by atoms with Crippen molar-refractivity contribution in [3.05, 3.63) is 46.2 Å². The monoisotopic (exact) mass is 292 g/mol. The lowest BCUT2D eigenvalue weighted by Gasteiger charge is -2.17. The van der Waals surface area contributed by atoms with Crippen LogP contribution < -0.4 is 5.73 Å². The average Bonchev–Trinajstić information content (AvgIpc) is 2.69. The molecule has 0 radical (unpaired) electrons. The fraction of sp³-hybridized carbons (Fsp3) is 0.400. The van der Waals surface area contributed by atoms with Gasteiger partial charge in [-0.1, -0.05) is 30.7 Å². The van der Waals surface area contributed by atoms with Gasteiger partial charge in [0.25, 0.3) is 0 Å². The maximum atomic E-state index is 6.37. The van der Waals surface area contributed by atoms with Gasteiger partial charge < -0.3 is 5.73 Å². The Hall–Kier alpha value is -1.52. The molecule has 0 saturated heterocycles. The summed E-state index contributed by atoms with van der Waals surface area (Å²) in [6, 6.07) is 7.95. The Labute approximate surface area is 125 Å². The lowest BCUT2D eigenvalue weighted by Crippen LogP contribution is -2.19. The number of halogens is 1. The highest BCUT2D eigenvalue weighted by Crippen LogP contribution is 2.22. The van der Waals surface area contributed by atoms with Crippen LogP contribution in [0.5, 0.6) is 0 Å². The van der Waals surface area contributed by atoms with E-state index in [1.165, 1.54) is 5.56 Å². The van der Waals surface area contributed by atoms with Gasteiger partial charge in [0, 0.05) is 25.8 Å². The van der Waals surface area contributed by atoms with Crippen molar-refractivity contribution in [1.29, 1.82) is 0 Å². The number of nitrogens with two attached hydrogens (primary N) is 1. The molecule has 108 valence electrons. The summed E-state index contributed by atoms with van der Waals surface area (Å²) in [7, 11) is 4.02. The van der Waals surface area contributed by atoms with Crippen LogP contribution in [0.15, 0.2) is 24.3 Å². The number of aromatic nitrogens is 2. The molecule has 0 aliphatic carbocycles. The van der Waals surface area contributed by atoms with E-state index >= 15 is 0 Å². The van der Waals surface area contributed by atoms with E-state index in [1.54, 1.807) is 0 Å². The zero-order valence-electron chi connectivity index (χ0n) is 12.2. The van der Waals surface area contributed by atoms with Crippen LogP contribution in [0.3, 0.4) is 0 Å². The predicted molar refractivity (Wildman–Crippen MR) is 83.6 cm³/mol. The van der Waals surface area contributed by atoms with Gasteiger partial charge in [-0.3, -0.25) is 9.58 Å². The van der Waals surface area contributed by atoms with Crippen LogP contribution in [0.1, 0.15) is 23.9 Å². The summed E-state index contributed by atoms with van der Waals surface area (Å²) in [4.78, 5) is 2.22. The van der Waals surface area contributed by atoms with Crippen molar-refractivity contribution in [1.82, 2.24) is 14.7 Å². The summed E-state index contributed by atoms with van der Waals surface area (Å²) in [6.45, 7) is 3.69. The molecule has 1 aromatic carbocycles. The minimum atomic E-state index is 0.771. The van der Waals surface area contributed by atoms with E-state index in [-0.39, 0.29) is 0 Å². The van der Waals surface area contributed by atoms with Crippen molar-refractivity contribution in [2.45, 2.75) is 26.4 Å². The second-order valence-corrected chi connectivity index (χ2v) is 5.48. The van der Waals surface area contributed by atoms with Gasteiger partial charge in [-0.2, -0.15) is 5.10 Å². The standard InChI is InChI=1S/C15H21ClN4/c1-4-13-15(16)14(20(3)18-13)10-19(2)9-11-5-7-12(17)8-6-11/h5-8H,4,9-10,17H2,1-3H3. The van der Waals surface area contributed by atoms with Crippen LogP contribution in [0.25, 0.3) is 0 Å². The van der Waals surface area contributed by atoms with Gasteiger partial charge >= 0.3 is 0 Å². The number of aryl methyl sites for hydroxylation is 2. The zero-order chi connectivity index (χ0) is 14.7. The van der Waals surface area contributed by atoms with Crippen molar-refractivity contribution in [3.8, 4) is 0 Å². The van der Waals surface area contributed by atoms with Crippen LogP contribution >= 0.6 is 11.6 Å². The van der Waals surface area contributed by atoms with Gasteiger partial charge in [0.15, 0.2) is 0 Å². The minimum Gasteiger partial charge on any atom is -0.399 e. The van der Waals surface area contributed by atoms with E-state index in [2.05, 4.69) is 24.0 Å². The molecule has 1 aromatic heterocycles. The van der Waals surface area contributed by atoms with Crippen molar-refractivity contribution in [2.75, 3.05) is 12.8 Å².